The Morgan fingerprint density at radius 3 is 2.35 bits per heavy atom. The van der Waals surface area contributed by atoms with Gasteiger partial charge in [0.2, 0.25) is 27.6 Å². The lowest BCUT2D eigenvalue weighted by Gasteiger charge is -2.43. The van der Waals surface area contributed by atoms with E-state index in [0.29, 0.717) is 30.7 Å². The lowest BCUT2D eigenvalue weighted by atomic mass is 9.70. The van der Waals surface area contributed by atoms with E-state index < -0.39 is 68.6 Å². The first-order chi connectivity index (χ1) is 25.3. The third-order valence-electron chi connectivity index (χ3n) is 12.5. The number of sulfonamides is 1. The summed E-state index contributed by atoms with van der Waals surface area (Å²) < 4.78 is 28.1. The standard InChI is InChI=1S/C39H60N6O7S2/c1-9-11-15-25(31(46)34(48)40-19-10-2)41-33(47)30-29-24(38(29,6)7)21-45(30)35(49)32(39(8)17-13-12-14-18-39)43-36(50)42-28(37(3,4)5)23-44-22-26-27(16-20-53-26)54(44,51)52/h10,16,20,24-25,28-30,32H,2,9,11-15,17-19,21-23H2,1,3-8H3,(H,40,48)(H,41,47)(H2,42,43,50)/t24-,25?,28+,29?,30-,32+/m0/s1. The van der Waals surface area contributed by atoms with Crippen LogP contribution >= 0.6 is 11.3 Å². The number of amides is 5. The maximum Gasteiger partial charge on any atom is 0.315 e. The SMILES string of the molecule is C=CCNC(=O)C(=O)C(CCCC)NC(=O)[C@@H]1C2[C@H](CN1C(=O)[C@@H](NC(=O)N[C@H](CN1Cc3sccc3S1(=O)=O)C(C)(C)C)C1(C)CCCCC1)C2(C)C. The quantitative estimate of drug-likeness (QED) is 0.151. The Balaban J connectivity index is 1.38. The largest absolute Gasteiger partial charge is 0.346 e. The van der Waals surface area contributed by atoms with Gasteiger partial charge in [0, 0.05) is 37.1 Å². The fourth-order valence-corrected chi connectivity index (χ4v) is 11.7. The summed E-state index contributed by atoms with van der Waals surface area (Å²) in [5.41, 5.74) is -1.34. The summed E-state index contributed by atoms with van der Waals surface area (Å²) >= 11 is 1.39. The minimum Gasteiger partial charge on any atom is -0.346 e. The number of urea groups is 1. The van der Waals surface area contributed by atoms with Crippen molar-refractivity contribution < 1.29 is 32.4 Å². The van der Waals surface area contributed by atoms with Crippen molar-refractivity contribution in [3.05, 3.63) is 29.0 Å². The number of rotatable bonds is 15. The maximum absolute atomic E-state index is 14.9. The van der Waals surface area contributed by atoms with Gasteiger partial charge in [0.25, 0.3) is 5.91 Å². The summed E-state index contributed by atoms with van der Waals surface area (Å²) in [6, 6.07) is -2.43. The molecule has 2 aliphatic carbocycles. The van der Waals surface area contributed by atoms with Gasteiger partial charge in [0.15, 0.2) is 0 Å². The number of nitrogens with zero attached hydrogens (tertiary/aromatic N) is 2. The molecule has 2 aliphatic heterocycles. The van der Waals surface area contributed by atoms with Crippen LogP contribution in [0.3, 0.4) is 0 Å². The molecule has 2 unspecified atom stereocenters. The van der Waals surface area contributed by atoms with Crippen LogP contribution < -0.4 is 21.3 Å². The molecule has 3 heterocycles. The zero-order valence-electron chi connectivity index (χ0n) is 33.0. The smallest absolute Gasteiger partial charge is 0.315 e. The number of carbonyl (C=O) groups is 5. The van der Waals surface area contributed by atoms with E-state index in [9.17, 15) is 32.4 Å². The van der Waals surface area contributed by atoms with E-state index in [4.69, 9.17) is 0 Å². The Hall–Kier alpha value is -3.30. The highest BCUT2D eigenvalue weighted by Crippen LogP contribution is 2.65. The first-order valence-corrected chi connectivity index (χ1v) is 21.8. The molecule has 6 atom stereocenters. The summed E-state index contributed by atoms with van der Waals surface area (Å²) in [4.78, 5) is 71.8. The van der Waals surface area contributed by atoms with Crippen molar-refractivity contribution in [2.75, 3.05) is 19.6 Å². The molecule has 4 N–H and O–H groups in total. The molecular formula is C39H60N6O7S2. The van der Waals surface area contributed by atoms with Crippen molar-refractivity contribution in [1.29, 1.82) is 0 Å². The first kappa shape index (κ1) is 41.9. The van der Waals surface area contributed by atoms with Gasteiger partial charge < -0.3 is 26.2 Å². The number of unbranched alkanes of at least 4 members (excludes halogenated alkanes) is 1. The fraction of sp³-hybridized carbons (Fsp3) is 0.718. The van der Waals surface area contributed by atoms with Crippen molar-refractivity contribution in [1.82, 2.24) is 30.5 Å². The first-order valence-electron chi connectivity index (χ1n) is 19.4. The van der Waals surface area contributed by atoms with Crippen molar-refractivity contribution in [2.24, 2.45) is 28.1 Å². The van der Waals surface area contributed by atoms with E-state index in [2.05, 4.69) is 41.7 Å². The number of Topliss-reactive ketones (excluding diaryl/α,β-unsaturated/α-hetero) is 1. The second-order valence-corrected chi connectivity index (χ2v) is 20.6. The molecule has 300 valence electrons. The molecule has 1 saturated heterocycles. The van der Waals surface area contributed by atoms with Crippen LogP contribution in [0.5, 0.6) is 0 Å². The number of piperidine rings is 1. The van der Waals surface area contributed by atoms with Gasteiger partial charge in [0.1, 0.15) is 12.1 Å². The second-order valence-electron chi connectivity index (χ2n) is 17.6. The second kappa shape index (κ2) is 16.0. The van der Waals surface area contributed by atoms with E-state index in [1.54, 1.807) is 16.3 Å². The molecule has 1 aromatic rings. The highest BCUT2D eigenvalue weighted by Gasteiger charge is 2.70. The Morgan fingerprint density at radius 2 is 1.74 bits per heavy atom. The highest BCUT2D eigenvalue weighted by molar-refractivity contribution is 7.89. The average Bonchev–Trinajstić information content (AvgIpc) is 3.56. The van der Waals surface area contributed by atoms with E-state index in [1.807, 2.05) is 34.6 Å². The van der Waals surface area contributed by atoms with Crippen LogP contribution in [0.15, 0.2) is 29.0 Å². The minimum atomic E-state index is -3.70. The molecule has 13 nitrogen and oxygen atoms in total. The molecule has 1 aromatic heterocycles. The monoisotopic (exact) mass is 788 g/mol. The number of carbonyl (C=O) groups excluding carboxylic acids is 5. The molecular weight excluding hydrogens is 729 g/mol. The van der Waals surface area contributed by atoms with E-state index >= 15 is 0 Å². The molecule has 3 fully saturated rings. The fourth-order valence-electron chi connectivity index (χ4n) is 8.80. The molecule has 5 rings (SSSR count). The van der Waals surface area contributed by atoms with Crippen LogP contribution in [0.1, 0.15) is 105 Å². The molecule has 5 amide bonds. The van der Waals surface area contributed by atoms with E-state index in [-0.39, 0.29) is 49.2 Å². The van der Waals surface area contributed by atoms with Crippen molar-refractivity contribution in [2.45, 2.75) is 135 Å². The summed E-state index contributed by atoms with van der Waals surface area (Å²) in [6.07, 6.45) is 7.34. The highest BCUT2D eigenvalue weighted by atomic mass is 32.2. The van der Waals surface area contributed by atoms with Gasteiger partial charge in [-0.25, -0.2) is 13.2 Å². The zero-order chi connectivity index (χ0) is 39.8. The third-order valence-corrected chi connectivity index (χ3v) is 15.4. The van der Waals surface area contributed by atoms with Gasteiger partial charge in [0.05, 0.1) is 10.9 Å². The predicted octanol–water partition coefficient (Wildman–Crippen LogP) is 4.33. The predicted molar refractivity (Wildman–Crippen MR) is 208 cm³/mol. The van der Waals surface area contributed by atoms with Crippen LogP contribution in [-0.2, 0) is 35.7 Å². The summed E-state index contributed by atoms with van der Waals surface area (Å²) in [7, 11) is -3.70. The minimum absolute atomic E-state index is 0.0578. The Bertz CT molecular complexity index is 1730. The maximum atomic E-state index is 14.9. The summed E-state index contributed by atoms with van der Waals surface area (Å²) in [5.74, 6) is -2.45. The van der Waals surface area contributed by atoms with Crippen LogP contribution in [0.2, 0.25) is 0 Å². The van der Waals surface area contributed by atoms with Crippen LogP contribution in [0.4, 0.5) is 4.79 Å². The summed E-state index contributed by atoms with van der Waals surface area (Å²) in [5, 5.41) is 13.2. The molecule has 0 radical (unpaired) electrons. The number of thiophene rings is 1. The number of hydrogen-bond acceptors (Lipinski definition) is 8. The Morgan fingerprint density at radius 1 is 1.06 bits per heavy atom. The number of nitrogens with one attached hydrogen (secondary N) is 4. The van der Waals surface area contributed by atoms with Gasteiger partial charge in [-0.3, -0.25) is 19.2 Å². The molecule has 0 aromatic carbocycles. The number of ketones is 1. The normalized spacial score (nSPS) is 25.3. The number of likely N-dealkylation sites (tertiary alicyclic amines) is 1. The van der Waals surface area contributed by atoms with Crippen molar-refractivity contribution in [3.8, 4) is 0 Å². The summed E-state index contributed by atoms with van der Waals surface area (Å²) in [6.45, 7) is 18.3. The Kier molecular flexibility index (Phi) is 12.4. The lowest BCUT2D eigenvalue weighted by molar-refractivity contribution is -0.146. The van der Waals surface area contributed by atoms with E-state index in [0.717, 1.165) is 30.6 Å². The van der Waals surface area contributed by atoms with Gasteiger partial charge >= 0.3 is 6.03 Å². The molecule has 15 heteroatoms. The topological polar surface area (TPSA) is 174 Å². The van der Waals surface area contributed by atoms with Crippen molar-refractivity contribution >= 4 is 50.9 Å². The van der Waals surface area contributed by atoms with Crippen LogP contribution in [0, 0.1) is 28.1 Å². The molecule has 54 heavy (non-hydrogen) atoms. The lowest BCUT2D eigenvalue weighted by Crippen LogP contribution is -2.63. The van der Waals surface area contributed by atoms with Crippen molar-refractivity contribution in [3.63, 3.8) is 0 Å². The van der Waals surface area contributed by atoms with Crippen LogP contribution in [0.25, 0.3) is 0 Å². The van der Waals surface area contributed by atoms with E-state index in [1.165, 1.54) is 21.7 Å². The van der Waals surface area contributed by atoms with Gasteiger partial charge in [-0.1, -0.05) is 86.6 Å². The average molecular weight is 789 g/mol. The Labute approximate surface area is 324 Å². The zero-order valence-corrected chi connectivity index (χ0v) is 34.6. The van der Waals surface area contributed by atoms with Gasteiger partial charge in [-0.2, -0.15) is 4.31 Å². The molecule has 2 saturated carbocycles. The number of hydrogen-bond donors (Lipinski definition) is 4. The molecule has 0 spiro atoms. The molecule has 0 bridgehead atoms. The van der Waals surface area contributed by atoms with Crippen LogP contribution in [-0.4, -0.2) is 91.0 Å². The third kappa shape index (κ3) is 8.42. The molecule has 4 aliphatic rings. The van der Waals surface area contributed by atoms with Gasteiger partial charge in [-0.15, -0.1) is 17.9 Å². The van der Waals surface area contributed by atoms with Gasteiger partial charge in [-0.05, 0) is 58.8 Å². The number of fused-ring (bicyclic) bond motifs is 2.